The third kappa shape index (κ3) is 3.58. The number of nitrogens with one attached hydrogen (secondary N) is 1. The molecule has 1 N–H and O–H groups in total. The molecule has 2 aromatic carbocycles. The van der Waals surface area contributed by atoms with Crippen molar-refractivity contribution < 1.29 is 13.2 Å². The molecule has 0 spiro atoms. The maximum atomic E-state index is 12.7. The molecule has 1 unspecified atom stereocenters. The molecule has 1 amide bonds. The third-order valence-electron chi connectivity index (χ3n) is 5.53. The maximum absolute atomic E-state index is 12.7. The molecule has 0 aromatic heterocycles. The summed E-state index contributed by atoms with van der Waals surface area (Å²) in [5.41, 5.74) is 3.97. The molecule has 1 atom stereocenters. The average Bonchev–Trinajstić information content (AvgIpc) is 3.28. The van der Waals surface area contributed by atoms with Gasteiger partial charge in [0.25, 0.3) is 0 Å². The standard InChI is InChI=1S/C21H25N3O3S/c1-16(23-12-10-18-7-2-3-9-20(18)23)21(25)22-15-17-6-4-8-19(14-17)24-11-5-13-28(24,26)27/h2-4,6-9,14,16H,5,10-13,15H2,1H3,(H,22,25). The first-order valence-electron chi connectivity index (χ1n) is 9.67. The van der Waals surface area contributed by atoms with Crippen LogP contribution in [0.2, 0.25) is 0 Å². The van der Waals surface area contributed by atoms with E-state index in [1.807, 2.05) is 37.3 Å². The molecule has 0 saturated carbocycles. The second-order valence-corrected chi connectivity index (χ2v) is 9.39. The predicted molar refractivity (Wildman–Crippen MR) is 111 cm³/mol. The van der Waals surface area contributed by atoms with Crippen LogP contribution in [0.4, 0.5) is 11.4 Å². The Morgan fingerprint density at radius 2 is 1.96 bits per heavy atom. The Bertz CT molecular complexity index is 990. The number of benzene rings is 2. The minimum absolute atomic E-state index is 0.0316. The number of anilines is 2. The molecule has 28 heavy (non-hydrogen) atoms. The van der Waals surface area contributed by atoms with Crippen LogP contribution in [0.15, 0.2) is 48.5 Å². The summed E-state index contributed by atoms with van der Waals surface area (Å²) in [6, 6.07) is 15.3. The molecule has 2 aliphatic rings. The fraction of sp³-hybridized carbons (Fsp3) is 0.381. The molecule has 2 aliphatic heterocycles. The number of hydrogen-bond acceptors (Lipinski definition) is 4. The summed E-state index contributed by atoms with van der Waals surface area (Å²) in [5.74, 6) is 0.166. The molecule has 2 heterocycles. The first-order valence-corrected chi connectivity index (χ1v) is 11.3. The number of carbonyl (C=O) groups excluding carboxylic acids is 1. The topological polar surface area (TPSA) is 69.7 Å². The molecule has 1 saturated heterocycles. The van der Waals surface area contributed by atoms with Gasteiger partial charge in [-0.1, -0.05) is 30.3 Å². The molecule has 2 aromatic rings. The van der Waals surface area contributed by atoms with Crippen LogP contribution in [0.1, 0.15) is 24.5 Å². The van der Waals surface area contributed by atoms with Gasteiger partial charge < -0.3 is 10.2 Å². The van der Waals surface area contributed by atoms with E-state index >= 15 is 0 Å². The van der Waals surface area contributed by atoms with Crippen molar-refractivity contribution in [3.8, 4) is 0 Å². The van der Waals surface area contributed by atoms with Gasteiger partial charge in [0.2, 0.25) is 15.9 Å². The number of hydrogen-bond donors (Lipinski definition) is 1. The number of rotatable bonds is 5. The lowest BCUT2D eigenvalue weighted by Gasteiger charge is -2.26. The lowest BCUT2D eigenvalue weighted by atomic mass is 10.1. The normalized spacial score (nSPS) is 18.8. The second kappa shape index (κ2) is 7.47. The Balaban J connectivity index is 1.41. The molecular weight excluding hydrogens is 374 g/mol. The van der Waals surface area contributed by atoms with E-state index < -0.39 is 10.0 Å². The van der Waals surface area contributed by atoms with Gasteiger partial charge in [0.1, 0.15) is 6.04 Å². The van der Waals surface area contributed by atoms with Gasteiger partial charge in [-0.05, 0) is 49.1 Å². The van der Waals surface area contributed by atoms with E-state index in [9.17, 15) is 13.2 Å². The fourth-order valence-corrected chi connectivity index (χ4v) is 5.55. The average molecular weight is 400 g/mol. The van der Waals surface area contributed by atoms with Crippen molar-refractivity contribution in [3.63, 3.8) is 0 Å². The van der Waals surface area contributed by atoms with Gasteiger partial charge in [0, 0.05) is 25.3 Å². The molecule has 148 valence electrons. The highest BCUT2D eigenvalue weighted by Crippen LogP contribution is 2.29. The number of nitrogens with zero attached hydrogens (tertiary/aromatic N) is 2. The monoisotopic (exact) mass is 399 g/mol. The summed E-state index contributed by atoms with van der Waals surface area (Å²) < 4.78 is 25.7. The van der Waals surface area contributed by atoms with Crippen LogP contribution in [0, 0.1) is 0 Å². The molecule has 0 bridgehead atoms. The van der Waals surface area contributed by atoms with Gasteiger partial charge in [-0.25, -0.2) is 8.42 Å². The van der Waals surface area contributed by atoms with Crippen molar-refractivity contribution in [1.29, 1.82) is 0 Å². The van der Waals surface area contributed by atoms with Crippen LogP contribution in [0.5, 0.6) is 0 Å². The summed E-state index contributed by atoms with van der Waals surface area (Å²) in [4.78, 5) is 14.8. The van der Waals surface area contributed by atoms with Crippen LogP contribution in [0.3, 0.4) is 0 Å². The van der Waals surface area contributed by atoms with Gasteiger partial charge in [0.15, 0.2) is 0 Å². The summed E-state index contributed by atoms with van der Waals surface area (Å²) in [6.45, 7) is 3.66. The van der Waals surface area contributed by atoms with Crippen LogP contribution < -0.4 is 14.5 Å². The Hall–Kier alpha value is -2.54. The molecule has 1 fully saturated rings. The van der Waals surface area contributed by atoms with Crippen molar-refractivity contribution in [2.45, 2.75) is 32.4 Å². The van der Waals surface area contributed by atoms with E-state index in [-0.39, 0.29) is 17.7 Å². The van der Waals surface area contributed by atoms with Crippen molar-refractivity contribution in [2.75, 3.05) is 28.0 Å². The SMILES string of the molecule is CC(C(=O)NCc1cccc(N2CCCS2(=O)=O)c1)N1CCc2ccccc21. The largest absolute Gasteiger partial charge is 0.359 e. The molecule has 0 aliphatic carbocycles. The van der Waals surface area contributed by atoms with Crippen LogP contribution in [0.25, 0.3) is 0 Å². The number of sulfonamides is 1. The summed E-state index contributed by atoms with van der Waals surface area (Å²) in [7, 11) is -3.20. The van der Waals surface area contributed by atoms with Gasteiger partial charge >= 0.3 is 0 Å². The fourth-order valence-electron chi connectivity index (χ4n) is 4.00. The number of amides is 1. The second-order valence-electron chi connectivity index (χ2n) is 7.38. The highest BCUT2D eigenvalue weighted by atomic mass is 32.2. The lowest BCUT2D eigenvalue weighted by molar-refractivity contribution is -0.122. The van der Waals surface area contributed by atoms with E-state index in [1.54, 1.807) is 6.07 Å². The van der Waals surface area contributed by atoms with Gasteiger partial charge in [-0.2, -0.15) is 0 Å². The van der Waals surface area contributed by atoms with E-state index in [4.69, 9.17) is 0 Å². The first-order chi connectivity index (χ1) is 13.5. The number of para-hydroxylation sites is 1. The van der Waals surface area contributed by atoms with E-state index in [2.05, 4.69) is 22.3 Å². The first kappa shape index (κ1) is 18.8. The quantitative estimate of drug-likeness (QED) is 0.838. The van der Waals surface area contributed by atoms with Crippen molar-refractivity contribution in [3.05, 3.63) is 59.7 Å². The zero-order valence-corrected chi connectivity index (χ0v) is 16.8. The zero-order chi connectivity index (χ0) is 19.7. The van der Waals surface area contributed by atoms with Crippen LogP contribution in [-0.2, 0) is 27.8 Å². The lowest BCUT2D eigenvalue weighted by Crippen LogP contribution is -2.44. The predicted octanol–water partition coefficient (Wildman–Crippen LogP) is 2.29. The Morgan fingerprint density at radius 3 is 2.75 bits per heavy atom. The molecule has 0 radical (unpaired) electrons. The molecule has 6 nitrogen and oxygen atoms in total. The highest BCUT2D eigenvalue weighted by molar-refractivity contribution is 7.93. The van der Waals surface area contributed by atoms with Crippen molar-refractivity contribution in [1.82, 2.24) is 5.32 Å². The summed E-state index contributed by atoms with van der Waals surface area (Å²) in [6.07, 6.45) is 1.61. The minimum atomic E-state index is -3.20. The van der Waals surface area contributed by atoms with Gasteiger partial charge in [0.05, 0.1) is 11.4 Å². The highest BCUT2D eigenvalue weighted by Gasteiger charge is 2.29. The van der Waals surface area contributed by atoms with Crippen LogP contribution >= 0.6 is 0 Å². The molecule has 4 rings (SSSR count). The number of fused-ring (bicyclic) bond motifs is 1. The van der Waals surface area contributed by atoms with Crippen LogP contribution in [-0.4, -0.2) is 39.2 Å². The molecule has 7 heteroatoms. The maximum Gasteiger partial charge on any atom is 0.242 e. The van der Waals surface area contributed by atoms with E-state index in [0.29, 0.717) is 25.2 Å². The third-order valence-corrected chi connectivity index (χ3v) is 7.40. The summed E-state index contributed by atoms with van der Waals surface area (Å²) in [5, 5.41) is 3.00. The minimum Gasteiger partial charge on any atom is -0.359 e. The van der Waals surface area contributed by atoms with E-state index in [1.165, 1.54) is 9.87 Å². The van der Waals surface area contributed by atoms with E-state index in [0.717, 1.165) is 24.2 Å². The van der Waals surface area contributed by atoms with Crippen molar-refractivity contribution in [2.24, 2.45) is 0 Å². The Kier molecular flexibility index (Phi) is 5.02. The smallest absolute Gasteiger partial charge is 0.242 e. The Morgan fingerprint density at radius 1 is 1.14 bits per heavy atom. The van der Waals surface area contributed by atoms with Crippen molar-refractivity contribution >= 4 is 27.3 Å². The summed E-state index contributed by atoms with van der Waals surface area (Å²) >= 11 is 0. The molecular formula is C21H25N3O3S. The van der Waals surface area contributed by atoms with Gasteiger partial charge in [-0.15, -0.1) is 0 Å². The number of carbonyl (C=O) groups is 1. The van der Waals surface area contributed by atoms with Gasteiger partial charge in [-0.3, -0.25) is 9.10 Å². The Labute approximate surface area is 166 Å². The zero-order valence-electron chi connectivity index (χ0n) is 16.0.